The predicted molar refractivity (Wildman–Crippen MR) is 45.4 cm³/mol. The Hall–Kier alpha value is -1.91. The molecule has 0 aliphatic rings. The number of rotatable bonds is 2. The van der Waals surface area contributed by atoms with Gasteiger partial charge in [-0.3, -0.25) is 10.1 Å². The number of nitrogen functional groups attached to an aromatic ring is 1. The zero-order chi connectivity index (χ0) is 9.14. The van der Waals surface area contributed by atoms with Gasteiger partial charge in [-0.2, -0.15) is 0 Å². The first-order valence-electron chi connectivity index (χ1n) is 3.20. The summed E-state index contributed by atoms with van der Waals surface area (Å²) < 4.78 is 0. The van der Waals surface area contributed by atoms with Crippen LogP contribution in [0.15, 0.2) is 18.2 Å². The summed E-state index contributed by atoms with van der Waals surface area (Å²) in [5.41, 5.74) is 5.65. The van der Waals surface area contributed by atoms with E-state index in [2.05, 4.69) is 0 Å². The number of hydrogen-bond acceptors (Lipinski definition) is 4. The van der Waals surface area contributed by atoms with Gasteiger partial charge in [0.15, 0.2) is 0 Å². The maximum absolute atomic E-state index is 10.3. The highest BCUT2D eigenvalue weighted by Gasteiger charge is 2.12. The Morgan fingerprint density at radius 2 is 2.25 bits per heavy atom. The summed E-state index contributed by atoms with van der Waals surface area (Å²) >= 11 is 0. The summed E-state index contributed by atoms with van der Waals surface area (Å²) in [7, 11) is 0. The minimum atomic E-state index is -0.567. The molecule has 0 atom stereocenters. The predicted octanol–water partition coefficient (Wildman–Crippen LogP) is 1.17. The highest BCUT2D eigenvalue weighted by atomic mass is 16.6. The van der Waals surface area contributed by atoms with Gasteiger partial charge in [0.2, 0.25) is 0 Å². The van der Waals surface area contributed by atoms with Gasteiger partial charge in [-0.1, -0.05) is 12.1 Å². The first kappa shape index (κ1) is 8.19. The van der Waals surface area contributed by atoms with Crippen LogP contribution in [-0.4, -0.2) is 11.1 Å². The van der Waals surface area contributed by atoms with Gasteiger partial charge in [0.25, 0.3) is 5.69 Å². The van der Waals surface area contributed by atoms with Gasteiger partial charge < -0.3 is 11.1 Å². The van der Waals surface area contributed by atoms with Crippen molar-refractivity contribution in [3.05, 3.63) is 33.9 Å². The van der Waals surface area contributed by atoms with Gasteiger partial charge in [0.05, 0.1) is 4.92 Å². The lowest BCUT2D eigenvalue weighted by atomic mass is 10.2. The van der Waals surface area contributed by atoms with E-state index in [1.54, 1.807) is 6.07 Å². The SMILES string of the molecule is N=Cc1cccc([N+](=O)[O-])c1N. The third-order valence-electron chi connectivity index (χ3n) is 1.47. The monoisotopic (exact) mass is 165 g/mol. The van der Waals surface area contributed by atoms with Crippen LogP contribution in [0.5, 0.6) is 0 Å². The van der Waals surface area contributed by atoms with E-state index >= 15 is 0 Å². The number of anilines is 1. The third kappa shape index (κ3) is 1.24. The molecule has 0 bridgehead atoms. The average Bonchev–Trinajstić information content (AvgIpc) is 2.04. The molecule has 0 spiro atoms. The summed E-state index contributed by atoms with van der Waals surface area (Å²) in [6.45, 7) is 0. The fourth-order valence-corrected chi connectivity index (χ4v) is 0.855. The maximum Gasteiger partial charge on any atom is 0.292 e. The van der Waals surface area contributed by atoms with Crippen molar-refractivity contribution in [3.8, 4) is 0 Å². The summed E-state index contributed by atoms with van der Waals surface area (Å²) in [6.07, 6.45) is 0.988. The molecule has 5 nitrogen and oxygen atoms in total. The lowest BCUT2D eigenvalue weighted by Crippen LogP contribution is -1.98. The van der Waals surface area contributed by atoms with E-state index < -0.39 is 4.92 Å². The lowest BCUT2D eigenvalue weighted by molar-refractivity contribution is -0.383. The van der Waals surface area contributed by atoms with Crippen molar-refractivity contribution in [1.82, 2.24) is 0 Å². The van der Waals surface area contributed by atoms with Gasteiger partial charge in [-0.05, 0) is 0 Å². The highest BCUT2D eigenvalue weighted by molar-refractivity contribution is 5.88. The van der Waals surface area contributed by atoms with Crippen molar-refractivity contribution >= 4 is 17.6 Å². The molecule has 0 aliphatic heterocycles. The van der Waals surface area contributed by atoms with E-state index in [0.717, 1.165) is 6.21 Å². The quantitative estimate of drug-likeness (QED) is 0.298. The van der Waals surface area contributed by atoms with E-state index in [1.165, 1.54) is 12.1 Å². The fraction of sp³-hybridized carbons (Fsp3) is 0. The van der Waals surface area contributed by atoms with Crippen molar-refractivity contribution in [2.75, 3.05) is 5.73 Å². The first-order chi connectivity index (χ1) is 5.66. The number of nitrogens with zero attached hydrogens (tertiary/aromatic N) is 1. The number of nitrogens with two attached hydrogens (primary N) is 1. The van der Waals surface area contributed by atoms with Crippen LogP contribution in [0.2, 0.25) is 0 Å². The molecule has 1 aromatic rings. The second kappa shape index (κ2) is 3.00. The summed E-state index contributed by atoms with van der Waals surface area (Å²) in [5.74, 6) is 0. The Labute approximate surface area is 68.5 Å². The Morgan fingerprint density at radius 3 is 2.75 bits per heavy atom. The Bertz CT molecular complexity index is 335. The fourth-order valence-electron chi connectivity index (χ4n) is 0.855. The molecular weight excluding hydrogens is 158 g/mol. The third-order valence-corrected chi connectivity index (χ3v) is 1.47. The maximum atomic E-state index is 10.3. The number of benzene rings is 1. The zero-order valence-corrected chi connectivity index (χ0v) is 6.15. The second-order valence-electron chi connectivity index (χ2n) is 2.18. The van der Waals surface area contributed by atoms with Crippen LogP contribution >= 0.6 is 0 Å². The molecular formula is C7H7N3O2. The summed E-state index contributed by atoms with van der Waals surface area (Å²) in [4.78, 5) is 9.77. The number of para-hydroxylation sites is 1. The average molecular weight is 165 g/mol. The van der Waals surface area contributed by atoms with Crippen molar-refractivity contribution < 1.29 is 4.92 Å². The summed E-state index contributed by atoms with van der Waals surface area (Å²) in [5, 5.41) is 17.2. The summed E-state index contributed by atoms with van der Waals surface area (Å²) in [6, 6.07) is 4.35. The molecule has 5 heteroatoms. The Morgan fingerprint density at radius 1 is 1.58 bits per heavy atom. The first-order valence-corrected chi connectivity index (χ1v) is 3.20. The van der Waals surface area contributed by atoms with Crippen LogP contribution in [0.25, 0.3) is 0 Å². The van der Waals surface area contributed by atoms with E-state index in [0.29, 0.717) is 5.56 Å². The standard InChI is InChI=1S/C7H7N3O2/c8-4-5-2-1-3-6(7(5)9)10(11)12/h1-4,8H,9H2. The Balaban J connectivity index is 3.32. The van der Waals surface area contributed by atoms with Gasteiger partial charge in [0, 0.05) is 17.8 Å². The van der Waals surface area contributed by atoms with Gasteiger partial charge in [-0.15, -0.1) is 0 Å². The van der Waals surface area contributed by atoms with Crippen LogP contribution in [0.4, 0.5) is 11.4 Å². The molecule has 0 heterocycles. The molecule has 0 amide bonds. The van der Waals surface area contributed by atoms with Gasteiger partial charge in [-0.25, -0.2) is 0 Å². The largest absolute Gasteiger partial charge is 0.393 e. The second-order valence-corrected chi connectivity index (χ2v) is 2.18. The van der Waals surface area contributed by atoms with Crippen LogP contribution in [0, 0.1) is 15.5 Å². The van der Waals surface area contributed by atoms with Crippen LogP contribution < -0.4 is 5.73 Å². The van der Waals surface area contributed by atoms with E-state index in [-0.39, 0.29) is 11.4 Å². The number of nitro benzene ring substituents is 1. The highest BCUT2D eigenvalue weighted by Crippen LogP contribution is 2.22. The normalized spacial score (nSPS) is 9.33. The van der Waals surface area contributed by atoms with Gasteiger partial charge >= 0.3 is 0 Å². The lowest BCUT2D eigenvalue weighted by Gasteiger charge is -1.98. The minimum absolute atomic E-state index is 0.0394. The topological polar surface area (TPSA) is 93.0 Å². The molecule has 0 unspecified atom stereocenters. The van der Waals surface area contributed by atoms with Crippen LogP contribution in [-0.2, 0) is 0 Å². The molecule has 0 aliphatic carbocycles. The molecule has 1 rings (SSSR count). The van der Waals surface area contributed by atoms with Crippen LogP contribution in [0.3, 0.4) is 0 Å². The molecule has 12 heavy (non-hydrogen) atoms. The minimum Gasteiger partial charge on any atom is -0.393 e. The zero-order valence-electron chi connectivity index (χ0n) is 6.15. The number of nitrogens with one attached hydrogen (secondary N) is 1. The molecule has 62 valence electrons. The molecule has 1 aromatic carbocycles. The van der Waals surface area contributed by atoms with E-state index in [9.17, 15) is 10.1 Å². The van der Waals surface area contributed by atoms with Gasteiger partial charge in [0.1, 0.15) is 5.69 Å². The van der Waals surface area contributed by atoms with Crippen molar-refractivity contribution in [2.24, 2.45) is 0 Å². The number of hydrogen-bond donors (Lipinski definition) is 2. The molecule has 3 N–H and O–H groups in total. The van der Waals surface area contributed by atoms with Crippen molar-refractivity contribution in [2.45, 2.75) is 0 Å². The van der Waals surface area contributed by atoms with Crippen molar-refractivity contribution in [1.29, 1.82) is 5.41 Å². The number of nitro groups is 1. The Kier molecular flexibility index (Phi) is 2.05. The molecule has 0 saturated carbocycles. The molecule has 0 aromatic heterocycles. The smallest absolute Gasteiger partial charge is 0.292 e. The molecule has 0 radical (unpaired) electrons. The van der Waals surface area contributed by atoms with Crippen molar-refractivity contribution in [3.63, 3.8) is 0 Å². The molecule has 0 fully saturated rings. The van der Waals surface area contributed by atoms with E-state index in [1.807, 2.05) is 0 Å². The molecule has 0 saturated heterocycles. The van der Waals surface area contributed by atoms with E-state index in [4.69, 9.17) is 11.1 Å². The van der Waals surface area contributed by atoms with Crippen LogP contribution in [0.1, 0.15) is 5.56 Å².